The summed E-state index contributed by atoms with van der Waals surface area (Å²) in [4.78, 5) is 18.2. The minimum atomic E-state index is -0.582. The molecule has 2 heterocycles. The Morgan fingerprint density at radius 2 is 2.20 bits per heavy atom. The summed E-state index contributed by atoms with van der Waals surface area (Å²) in [7, 11) is 0. The van der Waals surface area contributed by atoms with Crippen LogP contribution in [0.5, 0.6) is 0 Å². The SMILES string of the molecule is CSCCOC(=O)N1CCC2(CC1)N=C(N)c1c(F)cccc1N2.Cl. The second-order valence-electron chi connectivity index (χ2n) is 5.91. The van der Waals surface area contributed by atoms with Crippen molar-refractivity contribution in [1.29, 1.82) is 0 Å². The summed E-state index contributed by atoms with van der Waals surface area (Å²) < 4.78 is 19.1. The number of thioether (sulfide) groups is 1. The van der Waals surface area contributed by atoms with Crippen LogP contribution in [0.25, 0.3) is 0 Å². The lowest BCUT2D eigenvalue weighted by atomic mass is 9.94. The van der Waals surface area contributed by atoms with Gasteiger partial charge in [0.05, 0.1) is 5.56 Å². The predicted octanol–water partition coefficient (Wildman–Crippen LogP) is 2.67. The Bertz CT molecular complexity index is 666. The molecule has 1 aromatic rings. The number of ether oxygens (including phenoxy) is 1. The molecule has 138 valence electrons. The molecule has 0 unspecified atom stereocenters. The first-order valence-corrected chi connectivity index (χ1v) is 9.27. The van der Waals surface area contributed by atoms with Crippen LogP contribution in [0.3, 0.4) is 0 Å². The van der Waals surface area contributed by atoms with Crippen LogP contribution in [0.15, 0.2) is 23.2 Å². The van der Waals surface area contributed by atoms with E-state index in [-0.39, 0.29) is 30.2 Å². The van der Waals surface area contributed by atoms with Crippen LogP contribution in [0, 0.1) is 5.82 Å². The molecule has 2 aliphatic rings. The average Bonchev–Trinajstić information content (AvgIpc) is 2.55. The van der Waals surface area contributed by atoms with Gasteiger partial charge in [-0.3, -0.25) is 0 Å². The Balaban J connectivity index is 0.00000225. The van der Waals surface area contributed by atoms with E-state index >= 15 is 0 Å². The van der Waals surface area contributed by atoms with Gasteiger partial charge >= 0.3 is 6.09 Å². The van der Waals surface area contributed by atoms with E-state index in [1.807, 2.05) is 6.26 Å². The van der Waals surface area contributed by atoms with E-state index in [0.29, 0.717) is 43.8 Å². The number of hydrogen-bond donors (Lipinski definition) is 2. The molecule has 0 aliphatic carbocycles. The zero-order valence-electron chi connectivity index (χ0n) is 14.0. The molecule has 0 atom stereocenters. The van der Waals surface area contributed by atoms with Gasteiger partial charge in [0.25, 0.3) is 0 Å². The standard InChI is InChI=1S/C16H21FN4O2S.ClH/c1-24-10-9-23-15(22)21-7-5-16(6-8-21)19-12-4-2-3-11(17)13(12)14(18)20-16;/h2-4,19H,5-10H2,1H3,(H2,18,20);1H. The van der Waals surface area contributed by atoms with Gasteiger partial charge in [0.2, 0.25) is 0 Å². The van der Waals surface area contributed by atoms with Crippen molar-refractivity contribution in [3.05, 3.63) is 29.6 Å². The monoisotopic (exact) mass is 388 g/mol. The number of aliphatic imine (C=N–C) groups is 1. The maximum Gasteiger partial charge on any atom is 0.409 e. The normalized spacial score (nSPS) is 17.8. The zero-order chi connectivity index (χ0) is 17.2. The zero-order valence-corrected chi connectivity index (χ0v) is 15.6. The van der Waals surface area contributed by atoms with Crippen molar-refractivity contribution in [2.45, 2.75) is 18.5 Å². The molecular weight excluding hydrogens is 367 g/mol. The van der Waals surface area contributed by atoms with Crippen molar-refractivity contribution < 1.29 is 13.9 Å². The van der Waals surface area contributed by atoms with Gasteiger partial charge < -0.3 is 20.7 Å². The Kier molecular flexibility index (Phi) is 6.40. The number of amides is 1. The average molecular weight is 389 g/mol. The van der Waals surface area contributed by atoms with Gasteiger partial charge in [0, 0.05) is 37.4 Å². The lowest BCUT2D eigenvalue weighted by Crippen LogP contribution is -2.52. The molecule has 1 amide bonds. The second-order valence-corrected chi connectivity index (χ2v) is 6.90. The molecule has 25 heavy (non-hydrogen) atoms. The highest BCUT2D eigenvalue weighted by Gasteiger charge is 2.39. The third-order valence-electron chi connectivity index (χ3n) is 4.33. The highest BCUT2D eigenvalue weighted by molar-refractivity contribution is 7.98. The smallest absolute Gasteiger partial charge is 0.409 e. The number of nitrogens with zero attached hydrogens (tertiary/aromatic N) is 2. The maximum atomic E-state index is 13.9. The number of carbonyl (C=O) groups excluding carboxylic acids is 1. The highest BCUT2D eigenvalue weighted by Crippen LogP contribution is 2.35. The summed E-state index contributed by atoms with van der Waals surface area (Å²) in [6.45, 7) is 1.46. The van der Waals surface area contributed by atoms with Crippen LogP contribution in [0.1, 0.15) is 18.4 Å². The first kappa shape index (κ1) is 19.7. The van der Waals surface area contributed by atoms with E-state index in [1.165, 1.54) is 6.07 Å². The number of amidine groups is 1. The third-order valence-corrected chi connectivity index (χ3v) is 4.91. The Morgan fingerprint density at radius 3 is 2.88 bits per heavy atom. The van der Waals surface area contributed by atoms with Crippen LogP contribution < -0.4 is 11.1 Å². The summed E-state index contributed by atoms with van der Waals surface area (Å²) >= 11 is 1.63. The molecule has 1 spiro atoms. The van der Waals surface area contributed by atoms with E-state index in [1.54, 1.807) is 28.8 Å². The fraction of sp³-hybridized carbons (Fsp3) is 0.500. The quantitative estimate of drug-likeness (QED) is 0.778. The molecule has 1 aromatic carbocycles. The van der Waals surface area contributed by atoms with E-state index in [9.17, 15) is 9.18 Å². The molecule has 0 saturated carbocycles. The molecule has 0 radical (unpaired) electrons. The molecule has 0 bridgehead atoms. The van der Waals surface area contributed by atoms with Crippen molar-refractivity contribution in [3.63, 3.8) is 0 Å². The number of likely N-dealkylation sites (tertiary alicyclic amines) is 1. The first-order valence-electron chi connectivity index (χ1n) is 7.88. The highest BCUT2D eigenvalue weighted by atomic mass is 35.5. The van der Waals surface area contributed by atoms with Crippen LogP contribution in [0.4, 0.5) is 14.9 Å². The Labute approximate surface area is 156 Å². The lowest BCUT2D eigenvalue weighted by Gasteiger charge is -2.42. The number of hydrogen-bond acceptors (Lipinski definition) is 6. The number of nitrogens with one attached hydrogen (secondary N) is 1. The van der Waals surface area contributed by atoms with Gasteiger partial charge in [0.1, 0.15) is 23.9 Å². The van der Waals surface area contributed by atoms with Crippen LogP contribution in [-0.4, -0.2) is 54.2 Å². The third kappa shape index (κ3) is 4.12. The largest absolute Gasteiger partial charge is 0.449 e. The van der Waals surface area contributed by atoms with E-state index in [4.69, 9.17) is 10.5 Å². The van der Waals surface area contributed by atoms with Crippen molar-refractivity contribution in [2.24, 2.45) is 10.7 Å². The molecule has 6 nitrogen and oxygen atoms in total. The van der Waals surface area contributed by atoms with Crippen molar-refractivity contribution in [2.75, 3.05) is 37.0 Å². The fourth-order valence-electron chi connectivity index (χ4n) is 3.05. The topological polar surface area (TPSA) is 80.0 Å². The Hall–Kier alpha value is -1.67. The van der Waals surface area contributed by atoms with Gasteiger partial charge in [-0.05, 0) is 18.4 Å². The molecule has 9 heteroatoms. The number of nitrogens with two attached hydrogens (primary N) is 1. The number of rotatable bonds is 3. The fourth-order valence-corrected chi connectivity index (χ4v) is 3.30. The number of fused-ring (bicyclic) bond motifs is 1. The van der Waals surface area contributed by atoms with Gasteiger partial charge in [0.15, 0.2) is 0 Å². The number of carbonyl (C=O) groups is 1. The van der Waals surface area contributed by atoms with Crippen LogP contribution in [-0.2, 0) is 4.74 Å². The molecule has 0 aromatic heterocycles. The number of anilines is 1. The molecule has 2 aliphatic heterocycles. The van der Waals surface area contributed by atoms with E-state index < -0.39 is 5.66 Å². The van der Waals surface area contributed by atoms with Gasteiger partial charge in [-0.2, -0.15) is 11.8 Å². The molecular formula is C16H22ClFN4O2S. The summed E-state index contributed by atoms with van der Waals surface area (Å²) in [6, 6.07) is 4.81. The van der Waals surface area contributed by atoms with Crippen molar-refractivity contribution in [1.82, 2.24) is 4.90 Å². The number of benzene rings is 1. The Morgan fingerprint density at radius 1 is 1.48 bits per heavy atom. The molecule has 3 rings (SSSR count). The second kappa shape index (κ2) is 8.14. The number of piperidine rings is 1. The van der Waals surface area contributed by atoms with E-state index in [0.717, 1.165) is 5.75 Å². The van der Waals surface area contributed by atoms with Gasteiger partial charge in [-0.25, -0.2) is 14.2 Å². The van der Waals surface area contributed by atoms with Crippen molar-refractivity contribution >= 4 is 41.8 Å². The van der Waals surface area contributed by atoms with Crippen LogP contribution >= 0.6 is 24.2 Å². The van der Waals surface area contributed by atoms with Gasteiger partial charge in [-0.15, -0.1) is 12.4 Å². The lowest BCUT2D eigenvalue weighted by molar-refractivity contribution is 0.0913. The van der Waals surface area contributed by atoms with E-state index in [2.05, 4.69) is 10.3 Å². The summed E-state index contributed by atoms with van der Waals surface area (Å²) in [5.74, 6) is 0.609. The molecule has 3 N–H and O–H groups in total. The summed E-state index contributed by atoms with van der Waals surface area (Å²) in [5, 5.41) is 3.31. The van der Waals surface area contributed by atoms with Crippen LogP contribution in [0.2, 0.25) is 0 Å². The predicted molar refractivity (Wildman–Crippen MR) is 101 cm³/mol. The van der Waals surface area contributed by atoms with Gasteiger partial charge in [-0.1, -0.05) is 6.07 Å². The van der Waals surface area contributed by atoms with Crippen molar-refractivity contribution in [3.8, 4) is 0 Å². The summed E-state index contributed by atoms with van der Waals surface area (Å²) in [5.41, 5.74) is 6.38. The molecule has 1 saturated heterocycles. The maximum absolute atomic E-state index is 13.9. The first-order chi connectivity index (χ1) is 11.5. The minimum absolute atomic E-state index is 0. The number of halogens is 2. The molecule has 1 fully saturated rings. The summed E-state index contributed by atoms with van der Waals surface area (Å²) in [6.07, 6.45) is 2.87. The minimum Gasteiger partial charge on any atom is -0.449 e.